The number of methoxy groups -OCH3 is 1. The predicted molar refractivity (Wildman–Crippen MR) is 114 cm³/mol. The lowest BCUT2D eigenvalue weighted by Crippen LogP contribution is -2.21. The molecule has 0 aliphatic carbocycles. The summed E-state index contributed by atoms with van der Waals surface area (Å²) in [5.74, 6) is -0.827. The molecule has 0 aliphatic rings. The van der Waals surface area contributed by atoms with Crippen LogP contribution in [0, 0.1) is 13.8 Å². The first-order chi connectivity index (χ1) is 15.1. The van der Waals surface area contributed by atoms with E-state index in [0.29, 0.717) is 27.7 Å². The van der Waals surface area contributed by atoms with E-state index in [0.717, 1.165) is 29.0 Å². The number of carbonyl (C=O) groups excluding carboxylic acids is 2. The molecule has 0 unspecified atom stereocenters. The molecule has 3 aromatic rings. The molecular weight excluding hydrogens is 445 g/mol. The van der Waals surface area contributed by atoms with Gasteiger partial charge in [0.2, 0.25) is 0 Å². The number of aryl methyl sites for hydroxylation is 2. The third kappa shape index (κ3) is 5.44. The van der Waals surface area contributed by atoms with Crippen LogP contribution in [0.25, 0.3) is 10.6 Å². The van der Waals surface area contributed by atoms with Gasteiger partial charge in [-0.25, -0.2) is 9.78 Å². The zero-order chi connectivity index (χ0) is 23.5. The summed E-state index contributed by atoms with van der Waals surface area (Å²) in [6, 6.07) is 9.75. The fraction of sp³-hybridized carbons (Fsp3) is 0.227. The first-order valence-corrected chi connectivity index (χ1v) is 10.2. The van der Waals surface area contributed by atoms with Crippen LogP contribution in [-0.2, 0) is 15.7 Å². The number of aromatic nitrogens is 1. The number of hydrogen-bond acceptors (Lipinski definition) is 6. The van der Waals surface area contributed by atoms with E-state index < -0.39 is 30.2 Å². The summed E-state index contributed by atoms with van der Waals surface area (Å²) in [6.45, 7) is 2.91. The van der Waals surface area contributed by atoms with Crippen molar-refractivity contribution in [3.63, 3.8) is 0 Å². The summed E-state index contributed by atoms with van der Waals surface area (Å²) >= 11 is 0.979. The number of hydrogen-bond donors (Lipinski definition) is 1. The second-order valence-electron chi connectivity index (χ2n) is 6.84. The highest BCUT2D eigenvalue weighted by atomic mass is 32.1. The Balaban J connectivity index is 1.66. The lowest BCUT2D eigenvalue weighted by molar-refractivity contribution is -0.137. The molecule has 168 valence electrons. The first-order valence-electron chi connectivity index (χ1n) is 9.35. The molecule has 1 N–H and O–H groups in total. The third-order valence-corrected chi connectivity index (χ3v) is 5.59. The molecule has 0 saturated carbocycles. The van der Waals surface area contributed by atoms with Crippen LogP contribution in [0.15, 0.2) is 42.5 Å². The number of rotatable bonds is 6. The number of amides is 1. The lowest BCUT2D eigenvalue weighted by Gasteiger charge is -2.11. The number of carbonyl (C=O) groups is 2. The molecule has 1 aromatic heterocycles. The van der Waals surface area contributed by atoms with E-state index in [1.54, 1.807) is 19.1 Å². The molecule has 0 bridgehead atoms. The van der Waals surface area contributed by atoms with Crippen molar-refractivity contribution in [2.75, 3.05) is 19.0 Å². The Morgan fingerprint density at radius 3 is 2.41 bits per heavy atom. The number of nitrogens with zero attached hydrogens (tertiary/aromatic N) is 1. The van der Waals surface area contributed by atoms with Crippen molar-refractivity contribution < 1.29 is 32.2 Å². The van der Waals surface area contributed by atoms with Crippen LogP contribution >= 0.6 is 11.3 Å². The normalized spacial score (nSPS) is 11.2. The molecule has 0 atom stereocenters. The van der Waals surface area contributed by atoms with Gasteiger partial charge in [-0.05, 0) is 43.7 Å². The summed E-state index contributed by atoms with van der Waals surface area (Å²) in [7, 11) is 1.47. The SMILES string of the molecule is COc1ccc(C)cc1NC(=O)COC(=O)c1sc(-c2ccc(C(F)(F)F)cc2)nc1C. The monoisotopic (exact) mass is 464 g/mol. The number of ether oxygens (including phenoxy) is 2. The number of nitrogens with one attached hydrogen (secondary N) is 1. The Morgan fingerprint density at radius 1 is 1.09 bits per heavy atom. The number of alkyl halides is 3. The minimum atomic E-state index is -4.44. The van der Waals surface area contributed by atoms with Gasteiger partial charge in [0.25, 0.3) is 5.91 Å². The van der Waals surface area contributed by atoms with Crippen LogP contribution in [0.5, 0.6) is 5.75 Å². The number of thiazole rings is 1. The molecular formula is C22H19F3N2O4S. The smallest absolute Gasteiger partial charge is 0.416 e. The number of esters is 1. The fourth-order valence-electron chi connectivity index (χ4n) is 2.81. The van der Waals surface area contributed by atoms with Gasteiger partial charge in [-0.1, -0.05) is 18.2 Å². The van der Waals surface area contributed by atoms with Gasteiger partial charge >= 0.3 is 12.1 Å². The largest absolute Gasteiger partial charge is 0.495 e. The highest BCUT2D eigenvalue weighted by Crippen LogP contribution is 2.33. The molecule has 3 rings (SSSR count). The van der Waals surface area contributed by atoms with Gasteiger partial charge in [-0.15, -0.1) is 11.3 Å². The van der Waals surface area contributed by atoms with Crippen molar-refractivity contribution in [3.05, 3.63) is 64.2 Å². The van der Waals surface area contributed by atoms with Gasteiger partial charge in [0.15, 0.2) is 6.61 Å². The molecule has 6 nitrogen and oxygen atoms in total. The summed E-state index contributed by atoms with van der Waals surface area (Å²) in [6.07, 6.45) is -4.44. The van der Waals surface area contributed by atoms with Crippen molar-refractivity contribution >= 4 is 28.9 Å². The number of anilines is 1. The number of benzene rings is 2. The van der Waals surface area contributed by atoms with Gasteiger partial charge < -0.3 is 14.8 Å². The first kappa shape index (κ1) is 23.3. The van der Waals surface area contributed by atoms with Crippen molar-refractivity contribution in [1.82, 2.24) is 4.98 Å². The van der Waals surface area contributed by atoms with Crippen LogP contribution < -0.4 is 10.1 Å². The van der Waals surface area contributed by atoms with Crippen molar-refractivity contribution in [3.8, 4) is 16.3 Å². The molecule has 0 spiro atoms. The second kappa shape index (κ2) is 9.39. The van der Waals surface area contributed by atoms with Crippen LogP contribution in [-0.4, -0.2) is 30.6 Å². The zero-order valence-electron chi connectivity index (χ0n) is 17.4. The maximum absolute atomic E-state index is 12.7. The minimum absolute atomic E-state index is 0.167. The van der Waals surface area contributed by atoms with Gasteiger partial charge in [-0.2, -0.15) is 13.2 Å². The van der Waals surface area contributed by atoms with E-state index in [1.165, 1.54) is 19.2 Å². The fourth-order valence-corrected chi connectivity index (χ4v) is 3.78. The minimum Gasteiger partial charge on any atom is -0.495 e. The van der Waals surface area contributed by atoms with Crippen molar-refractivity contribution in [2.45, 2.75) is 20.0 Å². The maximum Gasteiger partial charge on any atom is 0.416 e. The highest BCUT2D eigenvalue weighted by molar-refractivity contribution is 7.17. The Morgan fingerprint density at radius 2 is 1.78 bits per heavy atom. The van der Waals surface area contributed by atoms with E-state index in [2.05, 4.69) is 10.3 Å². The molecule has 0 fully saturated rings. The Kier molecular flexibility index (Phi) is 6.83. The van der Waals surface area contributed by atoms with Crippen LogP contribution in [0.1, 0.15) is 26.5 Å². The van der Waals surface area contributed by atoms with Gasteiger partial charge in [0.1, 0.15) is 15.6 Å². The molecule has 0 radical (unpaired) electrons. The highest BCUT2D eigenvalue weighted by Gasteiger charge is 2.30. The molecule has 10 heteroatoms. The average Bonchev–Trinajstić information content (AvgIpc) is 3.13. The standard InChI is InChI=1S/C22H19F3N2O4S/c1-12-4-9-17(30-3)16(10-12)27-18(28)11-31-21(29)19-13(2)26-20(32-19)14-5-7-15(8-6-14)22(23,24)25/h4-10H,11H2,1-3H3,(H,27,28). The van der Waals surface area contributed by atoms with Crippen LogP contribution in [0.3, 0.4) is 0 Å². The molecule has 2 aromatic carbocycles. The zero-order valence-corrected chi connectivity index (χ0v) is 18.2. The Hall–Kier alpha value is -3.40. The maximum atomic E-state index is 12.7. The van der Waals surface area contributed by atoms with Gasteiger partial charge in [0, 0.05) is 5.56 Å². The van der Waals surface area contributed by atoms with Crippen LogP contribution in [0.4, 0.5) is 18.9 Å². The van der Waals surface area contributed by atoms with E-state index in [9.17, 15) is 22.8 Å². The summed E-state index contributed by atoms with van der Waals surface area (Å²) in [4.78, 5) is 29.0. The Labute approximate surface area is 186 Å². The molecule has 1 amide bonds. The molecule has 0 saturated heterocycles. The number of halogens is 3. The van der Waals surface area contributed by atoms with E-state index in [-0.39, 0.29) is 4.88 Å². The lowest BCUT2D eigenvalue weighted by atomic mass is 10.1. The quantitative estimate of drug-likeness (QED) is 0.504. The summed E-state index contributed by atoms with van der Waals surface area (Å²) in [5, 5.41) is 3.00. The van der Waals surface area contributed by atoms with E-state index in [4.69, 9.17) is 9.47 Å². The third-order valence-electron chi connectivity index (χ3n) is 4.40. The molecule has 1 heterocycles. The van der Waals surface area contributed by atoms with E-state index in [1.807, 2.05) is 13.0 Å². The summed E-state index contributed by atoms with van der Waals surface area (Å²) in [5.41, 5.74) is 1.39. The molecule has 32 heavy (non-hydrogen) atoms. The second-order valence-corrected chi connectivity index (χ2v) is 7.84. The van der Waals surface area contributed by atoms with Gasteiger partial charge in [-0.3, -0.25) is 4.79 Å². The van der Waals surface area contributed by atoms with Crippen molar-refractivity contribution in [1.29, 1.82) is 0 Å². The van der Waals surface area contributed by atoms with Gasteiger partial charge in [0.05, 0.1) is 24.1 Å². The topological polar surface area (TPSA) is 77.5 Å². The molecule has 0 aliphatic heterocycles. The Bertz CT molecular complexity index is 1140. The predicted octanol–water partition coefficient (Wildman–Crippen LogP) is 5.25. The average molecular weight is 464 g/mol. The van der Waals surface area contributed by atoms with E-state index >= 15 is 0 Å². The van der Waals surface area contributed by atoms with Crippen LogP contribution in [0.2, 0.25) is 0 Å². The van der Waals surface area contributed by atoms with Crippen molar-refractivity contribution in [2.24, 2.45) is 0 Å². The summed E-state index contributed by atoms with van der Waals surface area (Å²) < 4.78 is 48.5.